The van der Waals surface area contributed by atoms with Gasteiger partial charge in [-0.15, -0.1) is 0 Å². The van der Waals surface area contributed by atoms with E-state index in [1.807, 2.05) is 0 Å². The van der Waals surface area contributed by atoms with E-state index in [-0.39, 0.29) is 0 Å². The first kappa shape index (κ1) is 52.3. The average Bonchev–Trinajstić information content (AvgIpc) is 3.39. The van der Waals surface area contributed by atoms with Crippen molar-refractivity contribution in [2.75, 3.05) is 0 Å². The van der Waals surface area contributed by atoms with E-state index in [0.29, 0.717) is 11.8 Å². The quantitative estimate of drug-likeness (QED) is 0.0798. The predicted octanol–water partition coefficient (Wildman–Crippen LogP) is 19.2. The molecule has 0 aliphatic heterocycles. The van der Waals surface area contributed by atoms with Crippen LogP contribution in [0, 0.1) is 87.0 Å². The van der Waals surface area contributed by atoms with Gasteiger partial charge in [-0.25, -0.2) is 0 Å². The molecule has 1 heteroatoms. The molecule has 74 heavy (non-hydrogen) atoms. The maximum absolute atomic E-state index is 2.54. The van der Waals surface area contributed by atoms with Gasteiger partial charge < -0.3 is 0 Å². The Kier molecular flexibility index (Phi) is 16.2. The van der Waals surface area contributed by atoms with Crippen LogP contribution in [0.25, 0.3) is 34.9 Å². The van der Waals surface area contributed by atoms with E-state index in [9.17, 15) is 0 Å². The molecule has 0 amide bonds. The maximum atomic E-state index is 2.54. The van der Waals surface area contributed by atoms with Gasteiger partial charge in [0.2, 0.25) is 0 Å². The average molecular weight is 985 g/mol. The first-order chi connectivity index (χ1) is 35.6. The molecule has 8 aromatic rings. The summed E-state index contributed by atoms with van der Waals surface area (Å²) in [6.45, 7) is 27.2. The van der Waals surface area contributed by atoms with Gasteiger partial charge in [-0.2, -0.15) is 0 Å². The monoisotopic (exact) mass is 985 g/mol. The summed E-state index contributed by atoms with van der Waals surface area (Å²) in [5.41, 5.74) is 28.7. The van der Waals surface area contributed by atoms with Crippen molar-refractivity contribution >= 4 is 53.5 Å². The van der Waals surface area contributed by atoms with Crippen molar-refractivity contribution in [3.8, 4) is 0 Å². The minimum atomic E-state index is -0.749. The fraction of sp³-hybridized carbons (Fsp3) is 0.260. The van der Waals surface area contributed by atoms with Gasteiger partial charge in [0.05, 0.1) is 0 Å². The summed E-state index contributed by atoms with van der Waals surface area (Å²) in [4.78, 5) is 0. The van der Waals surface area contributed by atoms with E-state index in [4.69, 9.17) is 0 Å². The van der Waals surface area contributed by atoms with Crippen LogP contribution >= 0.6 is 7.92 Å². The van der Waals surface area contributed by atoms with Crippen LogP contribution in [0.4, 0.5) is 0 Å². The Labute approximate surface area is 446 Å². The number of benzene rings is 8. The van der Waals surface area contributed by atoms with Crippen LogP contribution < -0.4 is 10.6 Å². The Morgan fingerprint density at radius 2 is 0.730 bits per heavy atom. The van der Waals surface area contributed by atoms with E-state index in [1.54, 1.807) is 0 Å². The van der Waals surface area contributed by atoms with Crippen LogP contribution in [0.15, 0.2) is 164 Å². The van der Waals surface area contributed by atoms with Crippen LogP contribution in [0.3, 0.4) is 0 Å². The second-order valence-electron chi connectivity index (χ2n) is 22.3. The van der Waals surface area contributed by atoms with Gasteiger partial charge in [-0.05, 0) is 225 Å². The molecule has 1 saturated carbocycles. The molecule has 8 aromatic carbocycles. The van der Waals surface area contributed by atoms with Gasteiger partial charge in [-0.3, -0.25) is 0 Å². The van der Waals surface area contributed by atoms with Gasteiger partial charge >= 0.3 is 0 Å². The van der Waals surface area contributed by atoms with Crippen LogP contribution in [0.1, 0.15) is 139 Å². The third-order valence-corrected chi connectivity index (χ3v) is 18.5. The Bertz CT molecular complexity index is 3280. The second kappa shape index (κ2) is 22.9. The molecule has 0 bridgehead atoms. The van der Waals surface area contributed by atoms with Crippen LogP contribution in [0.2, 0.25) is 0 Å². The minimum Gasteiger partial charge on any atom is -0.0625 e. The number of hydrogen-bond donors (Lipinski definition) is 0. The third kappa shape index (κ3) is 12.2. The molecule has 9 rings (SSSR count). The number of aryl methyl sites for hydroxylation is 10. The summed E-state index contributed by atoms with van der Waals surface area (Å²) in [5, 5.41) is 2.79. The molecule has 3 unspecified atom stereocenters. The van der Waals surface area contributed by atoms with E-state index < -0.39 is 7.92 Å². The van der Waals surface area contributed by atoms with Gasteiger partial charge in [0.25, 0.3) is 0 Å². The lowest BCUT2D eigenvalue weighted by atomic mass is 9.70. The second-order valence-corrected chi connectivity index (χ2v) is 24.5. The lowest BCUT2D eigenvalue weighted by Crippen LogP contribution is -2.23. The summed E-state index contributed by atoms with van der Waals surface area (Å²) >= 11 is 0. The lowest BCUT2D eigenvalue weighted by molar-refractivity contribution is 0.252. The summed E-state index contributed by atoms with van der Waals surface area (Å²) in [6, 6.07) is 63.0. The lowest BCUT2D eigenvalue weighted by Gasteiger charge is -2.35. The van der Waals surface area contributed by atoms with Gasteiger partial charge in [-0.1, -0.05) is 218 Å². The summed E-state index contributed by atoms with van der Waals surface area (Å²) in [7, 11) is -0.749. The van der Waals surface area contributed by atoms with Crippen molar-refractivity contribution in [2.45, 2.75) is 109 Å². The highest BCUT2D eigenvalue weighted by Gasteiger charge is 2.30. The van der Waals surface area contributed by atoms with Crippen LogP contribution in [-0.2, 0) is 6.16 Å². The molecule has 374 valence electrons. The van der Waals surface area contributed by atoms with E-state index in [0.717, 1.165) is 12.1 Å². The van der Waals surface area contributed by atoms with Crippen LogP contribution in [-0.4, -0.2) is 0 Å². The van der Waals surface area contributed by atoms with Crippen molar-refractivity contribution in [1.29, 1.82) is 0 Å². The van der Waals surface area contributed by atoms with Crippen molar-refractivity contribution in [3.63, 3.8) is 0 Å². The number of hydrogen-bond acceptors (Lipinski definition) is 0. The predicted molar refractivity (Wildman–Crippen MR) is 326 cm³/mol. The van der Waals surface area contributed by atoms with Gasteiger partial charge in [0.1, 0.15) is 0 Å². The van der Waals surface area contributed by atoms with Crippen molar-refractivity contribution in [2.24, 2.45) is 17.8 Å². The SMILES string of the molecule is Cc1ccc(C)c(C(=Cc2ccc(CP(c3ccc(C=C(c4cc(C)ccc4C)c4cc(C)ccc4C)cc3)c3ccc(/C=C(\c4cc(C)ccc4C)C4CC(C)CC[C@@H]4C)cc3)cc2)c2cc(C)ccc2C)c1. The summed E-state index contributed by atoms with van der Waals surface area (Å²) < 4.78 is 0. The van der Waals surface area contributed by atoms with Gasteiger partial charge in [0.15, 0.2) is 0 Å². The molecule has 0 radical (unpaired) electrons. The molecule has 1 aliphatic rings. The molecular formula is C73H77P. The molecule has 0 nitrogen and oxygen atoms in total. The molecular weight excluding hydrogens is 908 g/mol. The molecule has 0 N–H and O–H groups in total. The van der Waals surface area contributed by atoms with E-state index in [1.165, 1.54) is 152 Å². The zero-order valence-corrected chi connectivity index (χ0v) is 47.2. The number of rotatable bonds is 13. The fourth-order valence-corrected chi connectivity index (χ4v) is 13.6. The smallest absolute Gasteiger partial charge is 0.000744 e. The summed E-state index contributed by atoms with van der Waals surface area (Å²) in [6.07, 6.45) is 12.2. The molecule has 0 aromatic heterocycles. The largest absolute Gasteiger partial charge is 0.0625 e. The molecule has 0 spiro atoms. The fourth-order valence-electron chi connectivity index (χ4n) is 11.3. The summed E-state index contributed by atoms with van der Waals surface area (Å²) in [5.74, 6) is 1.94. The molecule has 4 atom stereocenters. The third-order valence-electron chi connectivity index (χ3n) is 16.0. The van der Waals surface area contributed by atoms with Crippen molar-refractivity contribution in [3.05, 3.63) is 269 Å². The zero-order chi connectivity index (χ0) is 52.2. The first-order valence-corrected chi connectivity index (χ1v) is 28.7. The Balaban J connectivity index is 1.11. The topological polar surface area (TPSA) is 0 Å². The highest BCUT2D eigenvalue weighted by molar-refractivity contribution is 7.72. The van der Waals surface area contributed by atoms with Gasteiger partial charge in [0, 0.05) is 6.16 Å². The van der Waals surface area contributed by atoms with Crippen molar-refractivity contribution < 1.29 is 0 Å². The van der Waals surface area contributed by atoms with Crippen LogP contribution in [0.5, 0.6) is 0 Å². The molecule has 0 saturated heterocycles. The van der Waals surface area contributed by atoms with Crippen molar-refractivity contribution in [1.82, 2.24) is 0 Å². The Hall–Kier alpha value is -6.59. The Morgan fingerprint density at radius 3 is 1.12 bits per heavy atom. The number of allylic oxidation sites excluding steroid dienone is 1. The normalized spacial score (nSPS) is 16.2. The standard InChI is InChI=1S/C73H77P/c1-47-13-19-53(7)65(37-47)71(66-38-48(2)14-20-54(66)8)43-59-25-27-62(28-26-59)46-74(63-33-29-60(30-34-63)44-72(67-39-49(3)15-21-55(67)9)68-40-50(4)16-22-56(68)10)64-35-31-61(32-36-64)45-73(69-41-51(5)17-23-57(69)11)70-42-52(6)18-24-58(70)12/h13-17,19-23,25-41,43-45,52,58,70H,18,24,42,46H2,1-12H3/b73-45+/t52?,58-,70?,74?/m0/s1. The van der Waals surface area contributed by atoms with E-state index in [2.05, 4.69) is 265 Å². The highest BCUT2D eigenvalue weighted by atomic mass is 31.1. The first-order valence-electron chi connectivity index (χ1n) is 27.2. The van der Waals surface area contributed by atoms with E-state index >= 15 is 0 Å². The minimum absolute atomic E-state index is 0.546. The highest BCUT2D eigenvalue weighted by Crippen LogP contribution is 2.44. The molecule has 0 heterocycles. The maximum Gasteiger partial charge on any atom is 0.000744 e. The molecule has 1 fully saturated rings. The molecule has 1 aliphatic carbocycles. The zero-order valence-electron chi connectivity index (χ0n) is 46.3. The Morgan fingerprint density at radius 1 is 0.392 bits per heavy atom.